The van der Waals surface area contributed by atoms with E-state index < -0.39 is 0 Å². The summed E-state index contributed by atoms with van der Waals surface area (Å²) in [5, 5.41) is 2.90. The molecule has 0 saturated carbocycles. The molecule has 1 N–H and O–H groups in total. The van der Waals surface area contributed by atoms with Crippen molar-refractivity contribution in [2.45, 2.75) is 19.8 Å². The standard InChI is InChI=1S/C15H22N2O2/c1-13-7-10-17(11-8-13)15(18)16-9-12-19-14-5-3-2-4-6-14/h2-6,13H,7-12H2,1H3,(H,16,18). The van der Waals surface area contributed by atoms with E-state index >= 15 is 0 Å². The van der Waals surface area contributed by atoms with Crippen LogP contribution in [0.25, 0.3) is 0 Å². The van der Waals surface area contributed by atoms with Crippen LogP contribution in [0, 0.1) is 5.92 Å². The summed E-state index contributed by atoms with van der Waals surface area (Å²) >= 11 is 0. The molecule has 1 aliphatic heterocycles. The van der Waals surface area contributed by atoms with Gasteiger partial charge in [0.2, 0.25) is 0 Å². The number of para-hydroxylation sites is 1. The molecule has 2 amide bonds. The van der Waals surface area contributed by atoms with Crippen LogP contribution in [0.3, 0.4) is 0 Å². The Kier molecular flexibility index (Phi) is 5.07. The van der Waals surface area contributed by atoms with Crippen LogP contribution in [0.4, 0.5) is 4.79 Å². The van der Waals surface area contributed by atoms with Gasteiger partial charge in [-0.2, -0.15) is 0 Å². The van der Waals surface area contributed by atoms with E-state index in [0.29, 0.717) is 13.2 Å². The molecule has 1 aromatic carbocycles. The zero-order valence-corrected chi connectivity index (χ0v) is 11.5. The van der Waals surface area contributed by atoms with Gasteiger partial charge in [-0.1, -0.05) is 25.1 Å². The highest BCUT2D eigenvalue weighted by atomic mass is 16.5. The van der Waals surface area contributed by atoms with E-state index in [0.717, 1.165) is 37.6 Å². The number of piperidine rings is 1. The van der Waals surface area contributed by atoms with Gasteiger partial charge in [0.1, 0.15) is 12.4 Å². The third-order valence-electron chi connectivity index (χ3n) is 3.46. The third-order valence-corrected chi connectivity index (χ3v) is 3.46. The molecule has 1 aliphatic rings. The molecule has 1 heterocycles. The van der Waals surface area contributed by atoms with Crippen molar-refractivity contribution < 1.29 is 9.53 Å². The van der Waals surface area contributed by atoms with Crippen molar-refractivity contribution in [3.8, 4) is 5.75 Å². The van der Waals surface area contributed by atoms with Gasteiger partial charge in [-0.25, -0.2) is 4.79 Å². The van der Waals surface area contributed by atoms with Gasteiger partial charge in [0.15, 0.2) is 0 Å². The van der Waals surface area contributed by atoms with E-state index in [-0.39, 0.29) is 6.03 Å². The first kappa shape index (κ1) is 13.7. The molecule has 2 rings (SSSR count). The predicted octanol–water partition coefficient (Wildman–Crippen LogP) is 2.51. The molecule has 0 spiro atoms. The van der Waals surface area contributed by atoms with Crippen molar-refractivity contribution in [1.82, 2.24) is 10.2 Å². The van der Waals surface area contributed by atoms with Crippen molar-refractivity contribution in [3.63, 3.8) is 0 Å². The third kappa shape index (κ3) is 4.47. The van der Waals surface area contributed by atoms with Gasteiger partial charge in [0.25, 0.3) is 0 Å². The SMILES string of the molecule is CC1CCN(C(=O)NCCOc2ccccc2)CC1. The van der Waals surface area contributed by atoms with E-state index in [9.17, 15) is 4.79 Å². The summed E-state index contributed by atoms with van der Waals surface area (Å²) in [4.78, 5) is 13.8. The van der Waals surface area contributed by atoms with Crippen LogP contribution in [-0.4, -0.2) is 37.2 Å². The second-order valence-corrected chi connectivity index (χ2v) is 5.06. The summed E-state index contributed by atoms with van der Waals surface area (Å²) in [6.07, 6.45) is 2.21. The van der Waals surface area contributed by atoms with Gasteiger partial charge in [-0.3, -0.25) is 0 Å². The van der Waals surface area contributed by atoms with Gasteiger partial charge in [0, 0.05) is 13.1 Å². The first-order valence-corrected chi connectivity index (χ1v) is 6.96. The first-order valence-electron chi connectivity index (χ1n) is 6.96. The van der Waals surface area contributed by atoms with Crippen LogP contribution in [0.15, 0.2) is 30.3 Å². The lowest BCUT2D eigenvalue weighted by Crippen LogP contribution is -2.45. The molecule has 104 valence electrons. The minimum Gasteiger partial charge on any atom is -0.492 e. The van der Waals surface area contributed by atoms with Gasteiger partial charge in [-0.15, -0.1) is 0 Å². The summed E-state index contributed by atoms with van der Waals surface area (Å²) in [5.41, 5.74) is 0. The molecular weight excluding hydrogens is 240 g/mol. The number of nitrogens with zero attached hydrogens (tertiary/aromatic N) is 1. The van der Waals surface area contributed by atoms with Gasteiger partial charge in [-0.05, 0) is 30.9 Å². The summed E-state index contributed by atoms with van der Waals surface area (Å²) < 4.78 is 5.53. The molecule has 0 unspecified atom stereocenters. The molecule has 19 heavy (non-hydrogen) atoms. The monoisotopic (exact) mass is 262 g/mol. The largest absolute Gasteiger partial charge is 0.492 e. The molecule has 4 nitrogen and oxygen atoms in total. The lowest BCUT2D eigenvalue weighted by Gasteiger charge is -2.30. The molecule has 1 saturated heterocycles. The predicted molar refractivity (Wildman–Crippen MR) is 75.3 cm³/mol. The molecule has 0 bridgehead atoms. The Bertz CT molecular complexity index is 386. The number of carbonyl (C=O) groups is 1. The molecule has 0 aromatic heterocycles. The van der Waals surface area contributed by atoms with E-state index in [1.165, 1.54) is 0 Å². The Labute approximate surface area is 114 Å². The van der Waals surface area contributed by atoms with Gasteiger partial charge >= 0.3 is 6.03 Å². The Morgan fingerprint density at radius 1 is 1.32 bits per heavy atom. The van der Waals surface area contributed by atoms with Crippen LogP contribution in [-0.2, 0) is 0 Å². The van der Waals surface area contributed by atoms with E-state index in [4.69, 9.17) is 4.74 Å². The normalized spacial score (nSPS) is 16.2. The maximum atomic E-state index is 11.9. The van der Waals surface area contributed by atoms with E-state index in [2.05, 4.69) is 12.2 Å². The van der Waals surface area contributed by atoms with Crippen molar-refractivity contribution in [2.75, 3.05) is 26.2 Å². The quantitative estimate of drug-likeness (QED) is 0.847. The Hall–Kier alpha value is -1.71. The highest BCUT2D eigenvalue weighted by Crippen LogP contribution is 2.15. The highest BCUT2D eigenvalue weighted by Gasteiger charge is 2.19. The molecular formula is C15H22N2O2. The Morgan fingerprint density at radius 2 is 2.00 bits per heavy atom. The van der Waals surface area contributed by atoms with Crippen LogP contribution in [0.1, 0.15) is 19.8 Å². The summed E-state index contributed by atoms with van der Waals surface area (Å²) in [7, 11) is 0. The molecule has 1 fully saturated rings. The number of hydrogen-bond donors (Lipinski definition) is 1. The fourth-order valence-corrected chi connectivity index (χ4v) is 2.17. The van der Waals surface area contributed by atoms with Crippen molar-refractivity contribution in [3.05, 3.63) is 30.3 Å². The fourth-order valence-electron chi connectivity index (χ4n) is 2.17. The smallest absolute Gasteiger partial charge is 0.317 e. The van der Waals surface area contributed by atoms with E-state index in [1.807, 2.05) is 35.2 Å². The molecule has 4 heteroatoms. The number of nitrogens with one attached hydrogen (secondary N) is 1. The van der Waals surface area contributed by atoms with Crippen LogP contribution in [0.5, 0.6) is 5.75 Å². The maximum absolute atomic E-state index is 11.9. The summed E-state index contributed by atoms with van der Waals surface area (Å²) in [5.74, 6) is 1.58. The van der Waals surface area contributed by atoms with Crippen molar-refractivity contribution in [2.24, 2.45) is 5.92 Å². The van der Waals surface area contributed by atoms with Gasteiger partial charge in [0.05, 0.1) is 6.54 Å². The van der Waals surface area contributed by atoms with Crippen LogP contribution in [0.2, 0.25) is 0 Å². The number of amides is 2. The topological polar surface area (TPSA) is 41.6 Å². The summed E-state index contributed by atoms with van der Waals surface area (Å²) in [6, 6.07) is 9.67. The molecule has 0 radical (unpaired) electrons. The minimum absolute atomic E-state index is 0.0311. The first-order chi connectivity index (χ1) is 9.25. The number of likely N-dealkylation sites (tertiary alicyclic amines) is 1. The zero-order chi connectivity index (χ0) is 13.5. The highest BCUT2D eigenvalue weighted by molar-refractivity contribution is 5.74. The average molecular weight is 262 g/mol. The number of benzene rings is 1. The Balaban J connectivity index is 1.61. The van der Waals surface area contributed by atoms with E-state index in [1.54, 1.807) is 0 Å². The zero-order valence-electron chi connectivity index (χ0n) is 11.5. The molecule has 0 aliphatic carbocycles. The fraction of sp³-hybridized carbons (Fsp3) is 0.533. The van der Waals surface area contributed by atoms with Crippen molar-refractivity contribution in [1.29, 1.82) is 0 Å². The summed E-state index contributed by atoms with van der Waals surface area (Å²) in [6.45, 7) is 5.02. The maximum Gasteiger partial charge on any atom is 0.317 e. The lowest BCUT2D eigenvalue weighted by molar-refractivity contribution is 0.172. The number of ether oxygens (including phenoxy) is 1. The Morgan fingerprint density at radius 3 is 2.68 bits per heavy atom. The molecule has 1 aromatic rings. The number of hydrogen-bond acceptors (Lipinski definition) is 2. The molecule has 0 atom stereocenters. The second kappa shape index (κ2) is 7.02. The van der Waals surface area contributed by atoms with Crippen molar-refractivity contribution >= 4 is 6.03 Å². The second-order valence-electron chi connectivity index (χ2n) is 5.06. The number of rotatable bonds is 4. The lowest BCUT2D eigenvalue weighted by atomic mass is 10.00. The van der Waals surface area contributed by atoms with Gasteiger partial charge < -0.3 is 15.0 Å². The van der Waals surface area contributed by atoms with Crippen LogP contribution >= 0.6 is 0 Å². The number of carbonyl (C=O) groups excluding carboxylic acids is 1. The average Bonchev–Trinajstić information content (AvgIpc) is 2.45. The number of urea groups is 1. The van der Waals surface area contributed by atoms with Crippen LogP contribution < -0.4 is 10.1 Å². The minimum atomic E-state index is 0.0311.